The monoisotopic (exact) mass is 278 g/mol. The third-order valence-electron chi connectivity index (χ3n) is 3.65. The van der Waals surface area contributed by atoms with Gasteiger partial charge in [-0.2, -0.15) is 0 Å². The summed E-state index contributed by atoms with van der Waals surface area (Å²) in [6.07, 6.45) is 2.02. The summed E-state index contributed by atoms with van der Waals surface area (Å²) in [5.74, 6) is 1.40. The van der Waals surface area contributed by atoms with Gasteiger partial charge in [-0.15, -0.1) is 0 Å². The highest BCUT2D eigenvalue weighted by Gasteiger charge is 2.24. The molecule has 0 bridgehead atoms. The number of rotatable bonds is 4. The van der Waals surface area contributed by atoms with Gasteiger partial charge in [0.2, 0.25) is 5.91 Å². The molecular weight excluding hydrogens is 256 g/mol. The number of carbonyl (C=O) groups excluding carboxylic acids is 1. The third kappa shape index (κ3) is 3.42. The Morgan fingerprint density at radius 2 is 2.05 bits per heavy atom. The molecule has 1 heterocycles. The summed E-state index contributed by atoms with van der Waals surface area (Å²) >= 11 is 0. The van der Waals surface area contributed by atoms with E-state index in [1.165, 1.54) is 0 Å². The van der Waals surface area contributed by atoms with E-state index in [1.807, 2.05) is 6.07 Å². The number of hydrogen-bond donors (Lipinski definition) is 1. The van der Waals surface area contributed by atoms with Crippen LogP contribution in [0.25, 0.3) is 0 Å². The maximum atomic E-state index is 12.3. The molecule has 1 N–H and O–H groups in total. The average Bonchev–Trinajstić information content (AvgIpc) is 2.47. The highest BCUT2D eigenvalue weighted by atomic mass is 16.5. The number of amides is 1. The topological polar surface area (TPSA) is 50.8 Å². The van der Waals surface area contributed by atoms with Crippen LogP contribution in [0.4, 0.5) is 5.69 Å². The van der Waals surface area contributed by atoms with Crippen molar-refractivity contribution < 1.29 is 14.3 Å². The number of methoxy groups -OCH3 is 2. The van der Waals surface area contributed by atoms with Gasteiger partial charge < -0.3 is 19.7 Å². The second-order valence-corrected chi connectivity index (χ2v) is 5.16. The molecule has 0 unspecified atom stereocenters. The van der Waals surface area contributed by atoms with Crippen molar-refractivity contribution in [1.29, 1.82) is 0 Å². The van der Waals surface area contributed by atoms with E-state index in [0.717, 1.165) is 31.6 Å². The van der Waals surface area contributed by atoms with Gasteiger partial charge in [0.05, 0.1) is 20.1 Å². The Morgan fingerprint density at radius 1 is 1.30 bits per heavy atom. The SMILES string of the molecule is COc1ccc(NC(=O)[C@H]2CCCN(C)C2)cc1OC. The van der Waals surface area contributed by atoms with E-state index in [9.17, 15) is 4.79 Å². The molecule has 1 aromatic carbocycles. The molecule has 2 rings (SSSR count). The van der Waals surface area contributed by atoms with Gasteiger partial charge in [-0.1, -0.05) is 0 Å². The fraction of sp³-hybridized carbons (Fsp3) is 0.533. The summed E-state index contributed by atoms with van der Waals surface area (Å²) in [6.45, 7) is 1.89. The number of benzene rings is 1. The van der Waals surface area contributed by atoms with Crippen LogP contribution in [0.5, 0.6) is 11.5 Å². The van der Waals surface area contributed by atoms with Crippen LogP contribution >= 0.6 is 0 Å². The molecule has 0 spiro atoms. The Morgan fingerprint density at radius 3 is 2.70 bits per heavy atom. The first-order valence-corrected chi connectivity index (χ1v) is 6.85. The average molecular weight is 278 g/mol. The molecule has 1 aromatic rings. The highest BCUT2D eigenvalue weighted by molar-refractivity contribution is 5.93. The fourth-order valence-electron chi connectivity index (χ4n) is 2.54. The highest BCUT2D eigenvalue weighted by Crippen LogP contribution is 2.30. The minimum Gasteiger partial charge on any atom is -0.493 e. The van der Waals surface area contributed by atoms with Crippen molar-refractivity contribution in [2.24, 2.45) is 5.92 Å². The molecule has 1 aliphatic heterocycles. The number of carbonyl (C=O) groups is 1. The molecule has 1 amide bonds. The lowest BCUT2D eigenvalue weighted by atomic mass is 9.97. The van der Waals surface area contributed by atoms with Crippen molar-refractivity contribution in [3.05, 3.63) is 18.2 Å². The first kappa shape index (κ1) is 14.7. The molecule has 1 aliphatic rings. The molecule has 20 heavy (non-hydrogen) atoms. The summed E-state index contributed by atoms with van der Waals surface area (Å²) in [6, 6.07) is 5.40. The summed E-state index contributed by atoms with van der Waals surface area (Å²) in [7, 11) is 5.23. The Labute approximate surface area is 119 Å². The van der Waals surface area contributed by atoms with Gasteiger partial charge in [0.1, 0.15) is 0 Å². The number of likely N-dealkylation sites (tertiary alicyclic amines) is 1. The molecule has 1 fully saturated rings. The van der Waals surface area contributed by atoms with Gasteiger partial charge in [-0.3, -0.25) is 4.79 Å². The molecule has 1 saturated heterocycles. The lowest BCUT2D eigenvalue weighted by molar-refractivity contribution is -0.121. The van der Waals surface area contributed by atoms with Crippen LogP contribution in [-0.4, -0.2) is 45.2 Å². The molecule has 0 aliphatic carbocycles. The summed E-state index contributed by atoms with van der Waals surface area (Å²) in [5.41, 5.74) is 0.737. The van der Waals surface area contributed by atoms with E-state index < -0.39 is 0 Å². The minimum atomic E-state index is 0.0573. The van der Waals surface area contributed by atoms with Crippen molar-refractivity contribution in [3.8, 4) is 11.5 Å². The molecule has 110 valence electrons. The number of nitrogens with zero attached hydrogens (tertiary/aromatic N) is 1. The van der Waals surface area contributed by atoms with Gasteiger partial charge in [-0.05, 0) is 38.6 Å². The summed E-state index contributed by atoms with van der Waals surface area (Å²) < 4.78 is 10.4. The first-order chi connectivity index (χ1) is 9.63. The standard InChI is InChI=1S/C15H22N2O3/c1-17-8-4-5-11(10-17)15(18)16-12-6-7-13(19-2)14(9-12)20-3/h6-7,9,11H,4-5,8,10H2,1-3H3,(H,16,18)/t11-/m0/s1. The quantitative estimate of drug-likeness (QED) is 0.915. The van der Waals surface area contributed by atoms with Crippen molar-refractivity contribution in [1.82, 2.24) is 4.90 Å². The van der Waals surface area contributed by atoms with E-state index in [4.69, 9.17) is 9.47 Å². The smallest absolute Gasteiger partial charge is 0.228 e. The molecule has 1 atom stereocenters. The van der Waals surface area contributed by atoms with E-state index >= 15 is 0 Å². The molecule has 0 radical (unpaired) electrons. The maximum Gasteiger partial charge on any atom is 0.228 e. The zero-order valence-corrected chi connectivity index (χ0v) is 12.3. The van der Waals surface area contributed by atoms with Crippen molar-refractivity contribution >= 4 is 11.6 Å². The largest absolute Gasteiger partial charge is 0.493 e. The normalized spacial score (nSPS) is 19.4. The van der Waals surface area contributed by atoms with Crippen LogP contribution in [0.3, 0.4) is 0 Å². The molecule has 0 aromatic heterocycles. The zero-order chi connectivity index (χ0) is 14.5. The Balaban J connectivity index is 2.03. The fourth-order valence-corrected chi connectivity index (χ4v) is 2.54. The third-order valence-corrected chi connectivity index (χ3v) is 3.65. The zero-order valence-electron chi connectivity index (χ0n) is 12.3. The molecule has 5 nitrogen and oxygen atoms in total. The van der Waals surface area contributed by atoms with E-state index in [0.29, 0.717) is 11.5 Å². The van der Waals surface area contributed by atoms with Crippen molar-refractivity contribution in [2.45, 2.75) is 12.8 Å². The lowest BCUT2D eigenvalue weighted by Crippen LogP contribution is -2.38. The Kier molecular flexibility index (Phi) is 4.84. The van der Waals surface area contributed by atoms with Crippen LogP contribution in [0.15, 0.2) is 18.2 Å². The van der Waals surface area contributed by atoms with Crippen molar-refractivity contribution in [3.63, 3.8) is 0 Å². The second-order valence-electron chi connectivity index (χ2n) is 5.16. The van der Waals surface area contributed by atoms with Gasteiger partial charge >= 0.3 is 0 Å². The van der Waals surface area contributed by atoms with Crippen LogP contribution in [0.2, 0.25) is 0 Å². The minimum absolute atomic E-state index is 0.0573. The van der Waals surface area contributed by atoms with E-state index in [2.05, 4.69) is 17.3 Å². The van der Waals surface area contributed by atoms with E-state index in [1.54, 1.807) is 26.4 Å². The van der Waals surface area contributed by atoms with Crippen LogP contribution < -0.4 is 14.8 Å². The Bertz CT molecular complexity index is 476. The number of piperidine rings is 1. The first-order valence-electron chi connectivity index (χ1n) is 6.85. The van der Waals surface area contributed by atoms with Crippen LogP contribution in [-0.2, 0) is 4.79 Å². The van der Waals surface area contributed by atoms with E-state index in [-0.39, 0.29) is 11.8 Å². The van der Waals surface area contributed by atoms with Crippen LogP contribution in [0.1, 0.15) is 12.8 Å². The Hall–Kier alpha value is -1.75. The van der Waals surface area contributed by atoms with Gasteiger partial charge in [-0.25, -0.2) is 0 Å². The number of nitrogens with one attached hydrogen (secondary N) is 1. The molecule has 0 saturated carbocycles. The molecular formula is C15H22N2O3. The van der Waals surface area contributed by atoms with Crippen LogP contribution in [0, 0.1) is 5.92 Å². The van der Waals surface area contributed by atoms with Gasteiger partial charge in [0.15, 0.2) is 11.5 Å². The number of anilines is 1. The summed E-state index contributed by atoms with van der Waals surface area (Å²) in [5, 5.41) is 2.96. The van der Waals surface area contributed by atoms with Crippen molar-refractivity contribution in [2.75, 3.05) is 39.7 Å². The molecule has 5 heteroatoms. The predicted molar refractivity (Wildman–Crippen MR) is 78.4 cm³/mol. The number of hydrogen-bond acceptors (Lipinski definition) is 4. The van der Waals surface area contributed by atoms with Gasteiger partial charge in [0, 0.05) is 18.3 Å². The maximum absolute atomic E-state index is 12.3. The summed E-state index contributed by atoms with van der Waals surface area (Å²) in [4.78, 5) is 14.5. The second kappa shape index (κ2) is 6.61. The lowest BCUT2D eigenvalue weighted by Gasteiger charge is -2.28. The number of ether oxygens (including phenoxy) is 2. The van der Waals surface area contributed by atoms with Gasteiger partial charge in [0.25, 0.3) is 0 Å². The predicted octanol–water partition coefficient (Wildman–Crippen LogP) is 1.98.